The van der Waals surface area contributed by atoms with Crippen LogP contribution in [-0.4, -0.2) is 43.8 Å². The fourth-order valence-electron chi connectivity index (χ4n) is 3.34. The quantitative estimate of drug-likeness (QED) is 0.695. The number of hydrogen-bond donors (Lipinski definition) is 0. The molecule has 1 aliphatic heterocycles. The van der Waals surface area contributed by atoms with Gasteiger partial charge in [-0.15, -0.1) is 0 Å². The molecule has 2 aromatic heterocycles. The van der Waals surface area contributed by atoms with E-state index in [2.05, 4.69) is 19.9 Å². The van der Waals surface area contributed by atoms with Crippen molar-refractivity contribution in [2.45, 2.75) is 25.7 Å². The van der Waals surface area contributed by atoms with Crippen LogP contribution in [0.25, 0.3) is 0 Å². The van der Waals surface area contributed by atoms with Gasteiger partial charge in [-0.05, 0) is 31.9 Å². The lowest BCUT2D eigenvalue weighted by molar-refractivity contribution is 0.0698. The Morgan fingerprint density at radius 3 is 2.68 bits per heavy atom. The number of benzene rings is 1. The van der Waals surface area contributed by atoms with Crippen molar-refractivity contribution in [2.75, 3.05) is 13.1 Å². The Bertz CT molecular complexity index is 947. The van der Waals surface area contributed by atoms with Gasteiger partial charge in [0.05, 0.1) is 11.9 Å². The van der Waals surface area contributed by atoms with Crippen LogP contribution in [0, 0.1) is 6.92 Å². The van der Waals surface area contributed by atoms with Crippen molar-refractivity contribution >= 4 is 5.91 Å². The number of nitrogens with zero attached hydrogens (tertiary/aromatic N) is 5. The van der Waals surface area contributed by atoms with E-state index in [9.17, 15) is 4.79 Å². The Morgan fingerprint density at radius 1 is 1.07 bits per heavy atom. The number of carbonyl (C=O) groups excluding carboxylic acids is 1. The zero-order valence-corrected chi connectivity index (χ0v) is 15.7. The minimum atomic E-state index is -0.105. The standard InChI is InChI=1S/C21H21N5O2/c1-15-12-25-18(13-24-15)21(27)26-11-5-6-16(14-26)19-20(23-10-9-22-19)28-17-7-3-2-4-8-17/h2-4,7-10,12-13,16H,5-6,11,14H2,1H3. The molecule has 142 valence electrons. The first-order chi connectivity index (χ1) is 13.7. The van der Waals surface area contributed by atoms with Crippen molar-refractivity contribution in [1.29, 1.82) is 0 Å². The van der Waals surface area contributed by atoms with E-state index in [0.29, 0.717) is 30.4 Å². The summed E-state index contributed by atoms with van der Waals surface area (Å²) in [5.41, 5.74) is 1.93. The summed E-state index contributed by atoms with van der Waals surface area (Å²) in [6.45, 7) is 3.10. The van der Waals surface area contributed by atoms with Crippen LogP contribution in [0.5, 0.6) is 11.6 Å². The predicted octanol–water partition coefficient (Wildman–Crippen LogP) is 3.39. The van der Waals surface area contributed by atoms with Gasteiger partial charge in [0, 0.05) is 37.6 Å². The highest BCUT2D eigenvalue weighted by atomic mass is 16.5. The molecule has 7 heteroatoms. The van der Waals surface area contributed by atoms with Crippen LogP contribution >= 0.6 is 0 Å². The lowest BCUT2D eigenvalue weighted by Crippen LogP contribution is -2.39. The summed E-state index contributed by atoms with van der Waals surface area (Å²) >= 11 is 0. The van der Waals surface area contributed by atoms with Crippen molar-refractivity contribution in [3.63, 3.8) is 0 Å². The third-order valence-electron chi connectivity index (χ3n) is 4.74. The fourth-order valence-corrected chi connectivity index (χ4v) is 3.34. The van der Waals surface area contributed by atoms with Crippen LogP contribution < -0.4 is 4.74 Å². The first-order valence-electron chi connectivity index (χ1n) is 9.32. The maximum atomic E-state index is 12.8. The highest BCUT2D eigenvalue weighted by Crippen LogP contribution is 2.32. The van der Waals surface area contributed by atoms with Crippen LogP contribution in [0.3, 0.4) is 0 Å². The van der Waals surface area contributed by atoms with Gasteiger partial charge in [0.15, 0.2) is 0 Å². The molecule has 3 aromatic rings. The molecule has 0 radical (unpaired) electrons. The van der Waals surface area contributed by atoms with E-state index < -0.39 is 0 Å². The van der Waals surface area contributed by atoms with Gasteiger partial charge in [0.2, 0.25) is 5.88 Å². The van der Waals surface area contributed by atoms with Gasteiger partial charge in [-0.2, -0.15) is 0 Å². The number of hydrogen-bond acceptors (Lipinski definition) is 6. The summed E-state index contributed by atoms with van der Waals surface area (Å²) in [7, 11) is 0. The third kappa shape index (κ3) is 3.98. The van der Waals surface area contributed by atoms with E-state index in [-0.39, 0.29) is 11.8 Å². The number of para-hydroxylation sites is 1. The molecule has 1 aliphatic rings. The van der Waals surface area contributed by atoms with Crippen molar-refractivity contribution in [3.8, 4) is 11.6 Å². The van der Waals surface area contributed by atoms with Crippen molar-refractivity contribution < 1.29 is 9.53 Å². The second-order valence-electron chi connectivity index (χ2n) is 6.80. The second kappa shape index (κ2) is 8.12. The molecular formula is C21H21N5O2. The van der Waals surface area contributed by atoms with Crippen molar-refractivity contribution in [1.82, 2.24) is 24.8 Å². The molecule has 0 saturated carbocycles. The predicted molar refractivity (Wildman–Crippen MR) is 103 cm³/mol. The van der Waals surface area contributed by atoms with Crippen molar-refractivity contribution in [3.05, 3.63) is 72.2 Å². The Balaban J connectivity index is 1.53. The molecule has 0 bridgehead atoms. The molecule has 1 unspecified atom stereocenters. The molecule has 7 nitrogen and oxygen atoms in total. The average molecular weight is 375 g/mol. The van der Waals surface area contributed by atoms with Gasteiger partial charge in [-0.3, -0.25) is 14.8 Å². The van der Waals surface area contributed by atoms with Crippen LogP contribution in [0.2, 0.25) is 0 Å². The number of carbonyl (C=O) groups is 1. The van der Waals surface area contributed by atoms with Crippen LogP contribution in [-0.2, 0) is 0 Å². The molecule has 4 rings (SSSR count). The number of piperidine rings is 1. The molecule has 28 heavy (non-hydrogen) atoms. The summed E-state index contributed by atoms with van der Waals surface area (Å²) < 4.78 is 5.96. The number of likely N-dealkylation sites (tertiary alicyclic amines) is 1. The lowest BCUT2D eigenvalue weighted by Gasteiger charge is -2.32. The Labute approximate surface area is 163 Å². The van der Waals surface area contributed by atoms with E-state index in [4.69, 9.17) is 4.74 Å². The highest BCUT2D eigenvalue weighted by molar-refractivity contribution is 5.92. The fraction of sp³-hybridized carbons (Fsp3) is 0.286. The highest BCUT2D eigenvalue weighted by Gasteiger charge is 2.29. The monoisotopic (exact) mass is 375 g/mol. The third-order valence-corrected chi connectivity index (χ3v) is 4.74. The van der Waals surface area contributed by atoms with E-state index in [1.807, 2.05) is 42.2 Å². The summed E-state index contributed by atoms with van der Waals surface area (Å²) in [5, 5.41) is 0. The lowest BCUT2D eigenvalue weighted by atomic mass is 9.94. The maximum Gasteiger partial charge on any atom is 0.274 e. The van der Waals surface area contributed by atoms with E-state index in [0.717, 1.165) is 24.2 Å². The molecule has 1 aromatic carbocycles. The Kier molecular flexibility index (Phi) is 5.23. The SMILES string of the molecule is Cc1cnc(C(=O)N2CCCC(c3nccnc3Oc3ccccc3)C2)cn1. The largest absolute Gasteiger partial charge is 0.437 e. The van der Waals surface area contributed by atoms with Gasteiger partial charge < -0.3 is 9.64 Å². The van der Waals surface area contributed by atoms with E-state index >= 15 is 0 Å². The molecule has 0 spiro atoms. The molecule has 1 amide bonds. The minimum Gasteiger partial charge on any atom is -0.437 e. The van der Waals surface area contributed by atoms with Crippen LogP contribution in [0.4, 0.5) is 0 Å². The Morgan fingerprint density at radius 2 is 1.89 bits per heavy atom. The van der Waals surface area contributed by atoms with Gasteiger partial charge >= 0.3 is 0 Å². The summed E-state index contributed by atoms with van der Waals surface area (Å²) in [6.07, 6.45) is 8.25. The van der Waals surface area contributed by atoms with Crippen molar-refractivity contribution in [2.24, 2.45) is 0 Å². The second-order valence-corrected chi connectivity index (χ2v) is 6.80. The summed E-state index contributed by atoms with van der Waals surface area (Å²) in [4.78, 5) is 31.9. The smallest absolute Gasteiger partial charge is 0.274 e. The minimum absolute atomic E-state index is 0.0588. The summed E-state index contributed by atoms with van der Waals surface area (Å²) in [6, 6.07) is 9.52. The topological polar surface area (TPSA) is 81.1 Å². The van der Waals surface area contributed by atoms with Crippen LogP contribution in [0.15, 0.2) is 55.1 Å². The molecule has 3 heterocycles. The maximum absolute atomic E-state index is 12.8. The van der Waals surface area contributed by atoms with E-state index in [1.165, 1.54) is 6.20 Å². The van der Waals surface area contributed by atoms with Crippen LogP contribution in [0.1, 0.15) is 40.6 Å². The molecule has 1 atom stereocenters. The number of ether oxygens (including phenoxy) is 1. The number of aromatic nitrogens is 4. The van der Waals surface area contributed by atoms with E-state index in [1.54, 1.807) is 18.6 Å². The van der Waals surface area contributed by atoms with Gasteiger partial charge in [0.25, 0.3) is 5.91 Å². The molecule has 0 aliphatic carbocycles. The van der Waals surface area contributed by atoms with Gasteiger partial charge in [-0.25, -0.2) is 9.97 Å². The summed E-state index contributed by atoms with van der Waals surface area (Å²) in [5.74, 6) is 1.15. The number of rotatable bonds is 4. The first kappa shape index (κ1) is 18.0. The normalized spacial score (nSPS) is 16.6. The zero-order chi connectivity index (χ0) is 19.3. The van der Waals surface area contributed by atoms with Gasteiger partial charge in [-0.1, -0.05) is 18.2 Å². The number of amides is 1. The Hall–Kier alpha value is -3.35. The number of aryl methyl sites for hydroxylation is 1. The molecule has 1 fully saturated rings. The van der Waals surface area contributed by atoms with Gasteiger partial charge in [0.1, 0.15) is 17.1 Å². The molecule has 0 N–H and O–H groups in total. The molecule has 1 saturated heterocycles. The first-order valence-corrected chi connectivity index (χ1v) is 9.32. The zero-order valence-electron chi connectivity index (χ0n) is 15.7. The average Bonchev–Trinajstić information content (AvgIpc) is 2.75. The molecular weight excluding hydrogens is 354 g/mol.